The van der Waals surface area contributed by atoms with Crippen molar-refractivity contribution in [3.05, 3.63) is 76.1 Å². The van der Waals surface area contributed by atoms with E-state index in [1.54, 1.807) is 24.6 Å². The number of thiophene rings is 1. The lowest BCUT2D eigenvalue weighted by Gasteiger charge is -2.21. The van der Waals surface area contributed by atoms with E-state index in [1.807, 2.05) is 66.5 Å². The van der Waals surface area contributed by atoms with E-state index in [2.05, 4.69) is 15.3 Å². The minimum atomic E-state index is -0.453. The van der Waals surface area contributed by atoms with Crippen molar-refractivity contribution < 1.29 is 9.53 Å². The molecular formula is C21H20N4O2S2. The minimum absolute atomic E-state index is 0.179. The number of methoxy groups -OCH3 is 1. The lowest BCUT2D eigenvalue weighted by molar-refractivity contribution is 0.0944. The van der Waals surface area contributed by atoms with Crippen LogP contribution in [0.15, 0.2) is 54.2 Å². The van der Waals surface area contributed by atoms with Gasteiger partial charge in [-0.3, -0.25) is 4.79 Å². The average molecular weight is 425 g/mol. The molecule has 1 aromatic carbocycles. The van der Waals surface area contributed by atoms with E-state index in [0.717, 1.165) is 27.0 Å². The van der Waals surface area contributed by atoms with Crippen molar-refractivity contribution in [3.8, 4) is 15.6 Å². The number of imidazole rings is 1. The Kier molecular flexibility index (Phi) is 5.46. The number of hydrogen-bond donors (Lipinski definition) is 1. The third-order valence-corrected chi connectivity index (χ3v) is 6.77. The number of rotatable bonds is 6. The highest BCUT2D eigenvalue weighted by molar-refractivity contribution is 7.22. The molecule has 4 aromatic rings. The Labute approximate surface area is 176 Å². The highest BCUT2D eigenvalue weighted by atomic mass is 32.1. The van der Waals surface area contributed by atoms with Crippen molar-refractivity contribution in [2.45, 2.75) is 13.0 Å². The van der Waals surface area contributed by atoms with Crippen LogP contribution in [0.3, 0.4) is 0 Å². The average Bonchev–Trinajstić information content (AvgIpc) is 3.47. The van der Waals surface area contributed by atoms with Gasteiger partial charge in [0.25, 0.3) is 5.91 Å². The number of para-hydroxylation sites is 1. The zero-order valence-electron chi connectivity index (χ0n) is 16.2. The number of amides is 1. The normalized spacial score (nSPS) is 12.0. The summed E-state index contributed by atoms with van der Waals surface area (Å²) in [6.45, 7) is 1.86. The lowest BCUT2D eigenvalue weighted by atomic mass is 10.0. The Hall–Kier alpha value is -2.97. The predicted molar refractivity (Wildman–Crippen MR) is 116 cm³/mol. The van der Waals surface area contributed by atoms with Gasteiger partial charge in [0.05, 0.1) is 17.7 Å². The van der Waals surface area contributed by atoms with Gasteiger partial charge in [-0.2, -0.15) is 0 Å². The second kappa shape index (κ2) is 8.18. The number of nitrogens with zero attached hydrogens (tertiary/aromatic N) is 3. The smallest absolute Gasteiger partial charge is 0.264 e. The first kappa shape index (κ1) is 19.4. The van der Waals surface area contributed by atoms with E-state index in [9.17, 15) is 4.79 Å². The molecule has 1 atom stereocenters. The molecule has 1 amide bonds. The Morgan fingerprint density at radius 2 is 2.07 bits per heavy atom. The van der Waals surface area contributed by atoms with E-state index in [4.69, 9.17) is 4.74 Å². The van der Waals surface area contributed by atoms with Crippen molar-refractivity contribution in [1.29, 1.82) is 0 Å². The molecule has 1 N–H and O–H groups in total. The molecule has 3 heterocycles. The molecule has 8 heteroatoms. The molecular weight excluding hydrogens is 404 g/mol. The van der Waals surface area contributed by atoms with Gasteiger partial charge in [-0.1, -0.05) is 24.3 Å². The number of aryl methyl sites for hydroxylation is 2. The van der Waals surface area contributed by atoms with Crippen LogP contribution in [0.4, 0.5) is 0 Å². The van der Waals surface area contributed by atoms with Crippen molar-refractivity contribution >= 4 is 28.6 Å². The molecule has 0 radical (unpaired) electrons. The van der Waals surface area contributed by atoms with Crippen molar-refractivity contribution in [3.63, 3.8) is 0 Å². The SMILES string of the molecule is COc1ccccc1C(NC(=O)c1sc(-c2cccs2)nc1C)c1nccn1C. The first-order valence-electron chi connectivity index (χ1n) is 9.00. The lowest BCUT2D eigenvalue weighted by Crippen LogP contribution is -2.31. The highest BCUT2D eigenvalue weighted by Crippen LogP contribution is 2.33. The maximum atomic E-state index is 13.2. The number of benzene rings is 1. The van der Waals surface area contributed by atoms with Gasteiger partial charge in [0.2, 0.25) is 0 Å². The largest absolute Gasteiger partial charge is 0.496 e. The Morgan fingerprint density at radius 1 is 1.24 bits per heavy atom. The van der Waals surface area contributed by atoms with Gasteiger partial charge in [-0.05, 0) is 24.4 Å². The molecule has 148 valence electrons. The van der Waals surface area contributed by atoms with E-state index >= 15 is 0 Å². The Balaban J connectivity index is 1.70. The van der Waals surface area contributed by atoms with Gasteiger partial charge < -0.3 is 14.6 Å². The molecule has 3 aromatic heterocycles. The fourth-order valence-corrected chi connectivity index (χ4v) is 4.92. The molecule has 0 saturated heterocycles. The zero-order valence-corrected chi connectivity index (χ0v) is 17.9. The number of thiazole rings is 1. The van der Waals surface area contributed by atoms with Gasteiger partial charge in [0.1, 0.15) is 27.5 Å². The topological polar surface area (TPSA) is 69.0 Å². The summed E-state index contributed by atoms with van der Waals surface area (Å²) in [5.74, 6) is 1.24. The number of hydrogen-bond acceptors (Lipinski definition) is 6. The van der Waals surface area contributed by atoms with Crippen LogP contribution in [0.25, 0.3) is 9.88 Å². The number of aromatic nitrogens is 3. The summed E-state index contributed by atoms with van der Waals surface area (Å²) >= 11 is 3.01. The molecule has 0 fully saturated rings. The zero-order chi connectivity index (χ0) is 20.4. The maximum Gasteiger partial charge on any atom is 0.264 e. The van der Waals surface area contributed by atoms with Gasteiger partial charge in [-0.25, -0.2) is 9.97 Å². The van der Waals surface area contributed by atoms with E-state index in [0.29, 0.717) is 10.6 Å². The van der Waals surface area contributed by atoms with E-state index < -0.39 is 6.04 Å². The van der Waals surface area contributed by atoms with Crippen LogP contribution in [-0.2, 0) is 7.05 Å². The summed E-state index contributed by atoms with van der Waals surface area (Å²) in [7, 11) is 3.53. The molecule has 6 nitrogen and oxygen atoms in total. The van der Waals surface area contributed by atoms with Gasteiger partial charge >= 0.3 is 0 Å². The summed E-state index contributed by atoms with van der Waals surface area (Å²) in [5.41, 5.74) is 1.56. The number of carbonyl (C=O) groups excluding carboxylic acids is 1. The van der Waals surface area contributed by atoms with Gasteiger partial charge in [0, 0.05) is 25.0 Å². The fourth-order valence-electron chi connectivity index (χ4n) is 3.15. The molecule has 0 bridgehead atoms. The molecule has 0 aliphatic rings. The van der Waals surface area contributed by atoms with Crippen molar-refractivity contribution in [1.82, 2.24) is 19.9 Å². The third-order valence-electron chi connectivity index (χ3n) is 4.58. The van der Waals surface area contributed by atoms with Crippen LogP contribution in [0.2, 0.25) is 0 Å². The van der Waals surface area contributed by atoms with Crippen molar-refractivity contribution in [2.75, 3.05) is 7.11 Å². The quantitative estimate of drug-likeness (QED) is 0.497. The van der Waals surface area contributed by atoms with Gasteiger partial charge in [-0.15, -0.1) is 22.7 Å². The number of carbonyl (C=O) groups is 1. The van der Waals surface area contributed by atoms with Crippen LogP contribution < -0.4 is 10.1 Å². The van der Waals surface area contributed by atoms with E-state index in [-0.39, 0.29) is 5.91 Å². The number of nitrogens with one attached hydrogen (secondary N) is 1. The molecule has 29 heavy (non-hydrogen) atoms. The standard InChI is InChI=1S/C21H20N4O2S2/c1-13-18(29-21(23-13)16-9-6-12-28-16)20(26)24-17(19-22-10-11-25(19)2)14-7-4-5-8-15(14)27-3/h4-12,17H,1-3H3,(H,24,26). The third kappa shape index (κ3) is 3.81. The molecule has 4 rings (SSSR count). The van der Waals surface area contributed by atoms with Crippen LogP contribution >= 0.6 is 22.7 Å². The van der Waals surface area contributed by atoms with Gasteiger partial charge in [0.15, 0.2) is 0 Å². The fraction of sp³-hybridized carbons (Fsp3) is 0.190. The second-order valence-corrected chi connectivity index (χ2v) is 8.40. The summed E-state index contributed by atoms with van der Waals surface area (Å²) in [6.07, 6.45) is 3.58. The monoisotopic (exact) mass is 424 g/mol. The summed E-state index contributed by atoms with van der Waals surface area (Å²) < 4.78 is 7.43. The molecule has 0 aliphatic carbocycles. The maximum absolute atomic E-state index is 13.2. The van der Waals surface area contributed by atoms with Crippen LogP contribution in [0.1, 0.15) is 32.8 Å². The van der Waals surface area contributed by atoms with Crippen LogP contribution in [-0.4, -0.2) is 27.6 Å². The summed E-state index contributed by atoms with van der Waals surface area (Å²) in [6, 6.07) is 11.2. The van der Waals surface area contributed by atoms with E-state index in [1.165, 1.54) is 11.3 Å². The van der Waals surface area contributed by atoms with Crippen LogP contribution in [0, 0.1) is 6.92 Å². The molecule has 0 saturated carbocycles. The summed E-state index contributed by atoms with van der Waals surface area (Å²) in [4.78, 5) is 23.9. The van der Waals surface area contributed by atoms with Crippen molar-refractivity contribution in [2.24, 2.45) is 7.05 Å². The Bertz CT molecular complexity index is 1130. The molecule has 0 spiro atoms. The number of ether oxygens (including phenoxy) is 1. The molecule has 1 unspecified atom stereocenters. The predicted octanol–water partition coefficient (Wildman–Crippen LogP) is 4.44. The highest BCUT2D eigenvalue weighted by Gasteiger charge is 2.26. The first-order valence-corrected chi connectivity index (χ1v) is 10.7. The second-order valence-electron chi connectivity index (χ2n) is 6.46. The summed E-state index contributed by atoms with van der Waals surface area (Å²) in [5, 5.41) is 6.00. The minimum Gasteiger partial charge on any atom is -0.496 e. The Morgan fingerprint density at radius 3 is 2.76 bits per heavy atom. The first-order chi connectivity index (χ1) is 14.1. The molecule has 0 aliphatic heterocycles. The van der Waals surface area contributed by atoms with Crippen LogP contribution in [0.5, 0.6) is 5.75 Å².